The lowest BCUT2D eigenvalue weighted by atomic mass is 10.1. The summed E-state index contributed by atoms with van der Waals surface area (Å²) < 4.78 is 32.7. The summed E-state index contributed by atoms with van der Waals surface area (Å²) in [5.74, 6) is 0.646. The van der Waals surface area contributed by atoms with Crippen LogP contribution in [-0.4, -0.2) is 27.9 Å². The molecule has 6 heteroatoms. The standard InChI is InChI=1S/C13H19ClO4S/c1-3-11(10-19(14,15)16)8-18-9-12-5-4-6-13(7-12)17-2/h4-7,11H,3,8-10H2,1-2H3. The van der Waals surface area contributed by atoms with Gasteiger partial charge in [-0.25, -0.2) is 8.42 Å². The Morgan fingerprint density at radius 2 is 2.11 bits per heavy atom. The highest BCUT2D eigenvalue weighted by atomic mass is 35.7. The van der Waals surface area contributed by atoms with Crippen molar-refractivity contribution in [3.05, 3.63) is 29.8 Å². The van der Waals surface area contributed by atoms with Gasteiger partial charge in [-0.05, 0) is 23.6 Å². The summed E-state index contributed by atoms with van der Waals surface area (Å²) in [6, 6.07) is 7.57. The van der Waals surface area contributed by atoms with Gasteiger partial charge in [0.1, 0.15) is 5.75 Å². The maximum atomic E-state index is 11.0. The molecule has 0 spiro atoms. The maximum Gasteiger partial charge on any atom is 0.232 e. The second-order valence-electron chi connectivity index (χ2n) is 4.35. The lowest BCUT2D eigenvalue weighted by Gasteiger charge is -2.13. The fourth-order valence-corrected chi connectivity index (χ4v) is 3.10. The van der Waals surface area contributed by atoms with E-state index in [-0.39, 0.29) is 11.7 Å². The minimum atomic E-state index is -3.47. The van der Waals surface area contributed by atoms with Gasteiger partial charge in [0.15, 0.2) is 0 Å². The van der Waals surface area contributed by atoms with E-state index in [9.17, 15) is 8.42 Å². The summed E-state index contributed by atoms with van der Waals surface area (Å²) in [6.45, 7) is 2.72. The zero-order valence-electron chi connectivity index (χ0n) is 11.1. The lowest BCUT2D eigenvalue weighted by Crippen LogP contribution is -2.17. The fourth-order valence-electron chi connectivity index (χ4n) is 1.67. The van der Waals surface area contributed by atoms with Crippen LogP contribution in [0.3, 0.4) is 0 Å². The van der Waals surface area contributed by atoms with Gasteiger partial charge in [-0.1, -0.05) is 25.5 Å². The van der Waals surface area contributed by atoms with Crippen LogP contribution < -0.4 is 4.74 Å². The Kier molecular flexibility index (Phi) is 6.62. The molecule has 1 atom stereocenters. The Bertz CT molecular complexity index is 487. The molecule has 0 heterocycles. The molecule has 0 saturated carbocycles. The van der Waals surface area contributed by atoms with E-state index in [4.69, 9.17) is 20.2 Å². The summed E-state index contributed by atoms with van der Waals surface area (Å²) in [5.41, 5.74) is 0.989. The van der Waals surface area contributed by atoms with Gasteiger partial charge in [0.05, 0.1) is 26.1 Å². The van der Waals surface area contributed by atoms with Crippen LogP contribution in [0, 0.1) is 5.92 Å². The number of rotatable bonds is 8. The third-order valence-electron chi connectivity index (χ3n) is 2.77. The fraction of sp³-hybridized carbons (Fsp3) is 0.538. The Morgan fingerprint density at radius 1 is 1.37 bits per heavy atom. The van der Waals surface area contributed by atoms with Crippen LogP contribution in [0.15, 0.2) is 24.3 Å². The number of hydrogen-bond donors (Lipinski definition) is 0. The second-order valence-corrected chi connectivity index (χ2v) is 7.17. The van der Waals surface area contributed by atoms with E-state index in [0.29, 0.717) is 19.6 Å². The van der Waals surface area contributed by atoms with Crippen molar-refractivity contribution in [3.63, 3.8) is 0 Å². The molecule has 4 nitrogen and oxygen atoms in total. The Labute approximate surface area is 119 Å². The first-order valence-electron chi connectivity index (χ1n) is 6.07. The van der Waals surface area contributed by atoms with Crippen LogP contribution in [0.5, 0.6) is 5.75 Å². The molecule has 0 aliphatic carbocycles. The number of methoxy groups -OCH3 is 1. The number of ether oxygens (including phenoxy) is 2. The minimum absolute atomic E-state index is 0.0524. The zero-order valence-corrected chi connectivity index (χ0v) is 12.7. The molecule has 1 aromatic carbocycles. The van der Waals surface area contributed by atoms with Gasteiger partial charge < -0.3 is 9.47 Å². The Morgan fingerprint density at radius 3 is 2.68 bits per heavy atom. The monoisotopic (exact) mass is 306 g/mol. The van der Waals surface area contributed by atoms with E-state index in [1.165, 1.54) is 0 Å². The van der Waals surface area contributed by atoms with Crippen molar-refractivity contribution in [3.8, 4) is 5.75 Å². The SMILES string of the molecule is CCC(COCc1cccc(OC)c1)CS(=O)(=O)Cl. The molecule has 19 heavy (non-hydrogen) atoms. The highest BCUT2D eigenvalue weighted by Crippen LogP contribution is 2.15. The molecular formula is C13H19ClO4S. The highest BCUT2D eigenvalue weighted by Gasteiger charge is 2.15. The van der Waals surface area contributed by atoms with Crippen molar-refractivity contribution in [2.24, 2.45) is 5.92 Å². The molecule has 1 unspecified atom stereocenters. The first-order valence-corrected chi connectivity index (χ1v) is 8.55. The zero-order chi connectivity index (χ0) is 14.3. The van der Waals surface area contributed by atoms with E-state index in [0.717, 1.165) is 11.3 Å². The summed E-state index contributed by atoms with van der Waals surface area (Å²) in [4.78, 5) is 0. The molecule has 0 aromatic heterocycles. The van der Waals surface area contributed by atoms with Gasteiger partial charge in [0.2, 0.25) is 9.05 Å². The molecule has 1 aromatic rings. The lowest BCUT2D eigenvalue weighted by molar-refractivity contribution is 0.0918. The van der Waals surface area contributed by atoms with Crippen LogP contribution in [0.4, 0.5) is 0 Å². The molecule has 1 rings (SSSR count). The molecule has 0 aliphatic heterocycles. The molecule has 0 fully saturated rings. The molecule has 0 radical (unpaired) electrons. The van der Waals surface area contributed by atoms with Gasteiger partial charge in [-0.3, -0.25) is 0 Å². The van der Waals surface area contributed by atoms with Crippen molar-refractivity contribution < 1.29 is 17.9 Å². The second kappa shape index (κ2) is 7.72. The summed E-state index contributed by atoms with van der Waals surface area (Å²) in [7, 11) is 3.38. The smallest absolute Gasteiger partial charge is 0.232 e. The topological polar surface area (TPSA) is 52.6 Å². The highest BCUT2D eigenvalue weighted by molar-refractivity contribution is 8.13. The van der Waals surface area contributed by atoms with E-state index < -0.39 is 9.05 Å². The summed E-state index contributed by atoms with van der Waals surface area (Å²) in [5, 5.41) is 0. The first kappa shape index (κ1) is 16.3. The van der Waals surface area contributed by atoms with Crippen molar-refractivity contribution in [2.75, 3.05) is 19.5 Å². The third-order valence-corrected chi connectivity index (χ3v) is 4.02. The van der Waals surface area contributed by atoms with Gasteiger partial charge >= 0.3 is 0 Å². The quantitative estimate of drug-likeness (QED) is 0.693. The van der Waals surface area contributed by atoms with Crippen LogP contribution in [0.2, 0.25) is 0 Å². The molecule has 0 bridgehead atoms. The van der Waals surface area contributed by atoms with Crippen LogP contribution in [0.25, 0.3) is 0 Å². The van der Waals surface area contributed by atoms with Gasteiger partial charge in [0, 0.05) is 10.7 Å². The van der Waals surface area contributed by atoms with Crippen LogP contribution in [0.1, 0.15) is 18.9 Å². The molecular weight excluding hydrogens is 288 g/mol. The average molecular weight is 307 g/mol. The van der Waals surface area contributed by atoms with Gasteiger partial charge in [-0.15, -0.1) is 0 Å². The van der Waals surface area contributed by atoms with E-state index >= 15 is 0 Å². The van der Waals surface area contributed by atoms with Crippen molar-refractivity contribution in [2.45, 2.75) is 20.0 Å². The number of benzene rings is 1. The number of halogens is 1. The Balaban J connectivity index is 2.43. The minimum Gasteiger partial charge on any atom is -0.497 e. The average Bonchev–Trinajstić information content (AvgIpc) is 2.36. The Hall–Kier alpha value is -0.780. The summed E-state index contributed by atoms with van der Waals surface area (Å²) >= 11 is 0. The predicted molar refractivity (Wildman–Crippen MR) is 76.1 cm³/mol. The molecule has 0 N–H and O–H groups in total. The maximum absolute atomic E-state index is 11.0. The van der Waals surface area contributed by atoms with Crippen molar-refractivity contribution >= 4 is 19.7 Å². The van der Waals surface area contributed by atoms with E-state index in [1.807, 2.05) is 31.2 Å². The van der Waals surface area contributed by atoms with E-state index in [2.05, 4.69) is 0 Å². The third kappa shape index (κ3) is 6.80. The molecule has 0 amide bonds. The van der Waals surface area contributed by atoms with Crippen LogP contribution >= 0.6 is 10.7 Å². The molecule has 0 saturated heterocycles. The first-order chi connectivity index (χ1) is 8.94. The molecule has 0 aliphatic rings. The van der Waals surface area contributed by atoms with Crippen molar-refractivity contribution in [1.29, 1.82) is 0 Å². The van der Waals surface area contributed by atoms with E-state index in [1.54, 1.807) is 7.11 Å². The van der Waals surface area contributed by atoms with Gasteiger partial charge in [0.25, 0.3) is 0 Å². The summed E-state index contributed by atoms with van der Waals surface area (Å²) in [6.07, 6.45) is 0.712. The number of hydrogen-bond acceptors (Lipinski definition) is 4. The van der Waals surface area contributed by atoms with Crippen molar-refractivity contribution in [1.82, 2.24) is 0 Å². The largest absolute Gasteiger partial charge is 0.497 e. The van der Waals surface area contributed by atoms with Gasteiger partial charge in [-0.2, -0.15) is 0 Å². The normalized spacial score (nSPS) is 13.2. The van der Waals surface area contributed by atoms with Crippen LogP contribution in [-0.2, 0) is 20.4 Å². The molecule has 108 valence electrons. The predicted octanol–water partition coefficient (Wildman–Crippen LogP) is 2.81.